The van der Waals surface area contributed by atoms with Gasteiger partial charge in [-0.1, -0.05) is 22.5 Å². The van der Waals surface area contributed by atoms with Crippen LogP contribution in [0.25, 0.3) is 5.76 Å². The fraction of sp³-hybridized carbons (Fsp3) is 0.111. The molecule has 3 N–H and O–H groups in total. The van der Waals surface area contributed by atoms with Gasteiger partial charge in [0, 0.05) is 10.0 Å². The summed E-state index contributed by atoms with van der Waals surface area (Å²) in [6.07, 6.45) is 0. The van der Waals surface area contributed by atoms with Gasteiger partial charge in [-0.3, -0.25) is 0 Å². The molecule has 0 saturated carbocycles. The fourth-order valence-corrected chi connectivity index (χ4v) is 1.44. The molecule has 0 spiro atoms. The number of hydrogen-bond acceptors (Lipinski definition) is 3. The Kier molecular flexibility index (Phi) is 2.83. The van der Waals surface area contributed by atoms with Crippen molar-refractivity contribution in [2.24, 2.45) is 0 Å². The Morgan fingerprint density at radius 1 is 1.62 bits per heavy atom. The summed E-state index contributed by atoms with van der Waals surface area (Å²) in [4.78, 5) is 0. The molecule has 0 unspecified atom stereocenters. The van der Waals surface area contributed by atoms with Crippen LogP contribution < -0.4 is 10.5 Å². The number of nitrogen functional groups attached to an aromatic ring is 1. The zero-order valence-corrected chi connectivity index (χ0v) is 8.76. The quantitative estimate of drug-likeness (QED) is 0.620. The highest BCUT2D eigenvalue weighted by Gasteiger charge is 2.09. The third-order valence-corrected chi connectivity index (χ3v) is 2.10. The third-order valence-electron chi connectivity index (χ3n) is 1.64. The van der Waals surface area contributed by atoms with Crippen LogP contribution >= 0.6 is 15.9 Å². The Morgan fingerprint density at radius 3 is 2.69 bits per heavy atom. The summed E-state index contributed by atoms with van der Waals surface area (Å²) in [6.45, 7) is 3.40. The van der Waals surface area contributed by atoms with Gasteiger partial charge in [-0.05, 0) is 12.1 Å². The van der Waals surface area contributed by atoms with Gasteiger partial charge in [-0.25, -0.2) is 0 Å². The zero-order valence-electron chi connectivity index (χ0n) is 7.17. The maximum absolute atomic E-state index is 9.20. The van der Waals surface area contributed by atoms with Crippen molar-refractivity contribution >= 4 is 27.4 Å². The molecule has 0 radical (unpaired) electrons. The van der Waals surface area contributed by atoms with E-state index in [1.54, 1.807) is 12.1 Å². The van der Waals surface area contributed by atoms with E-state index in [0.717, 1.165) is 4.47 Å². The highest BCUT2D eigenvalue weighted by atomic mass is 79.9. The summed E-state index contributed by atoms with van der Waals surface area (Å²) < 4.78 is 5.79. The largest absolute Gasteiger partial charge is 0.508 e. The van der Waals surface area contributed by atoms with Gasteiger partial charge < -0.3 is 15.6 Å². The molecule has 3 nitrogen and oxygen atoms in total. The van der Waals surface area contributed by atoms with Crippen molar-refractivity contribution in [1.29, 1.82) is 0 Å². The molecule has 1 aromatic carbocycles. The van der Waals surface area contributed by atoms with E-state index in [4.69, 9.17) is 10.5 Å². The zero-order chi connectivity index (χ0) is 10.0. The SMILES string of the molecule is C=C(O)c1cc(Br)cc(OC)c1N. The van der Waals surface area contributed by atoms with Crippen LogP contribution in [0.5, 0.6) is 5.75 Å². The van der Waals surface area contributed by atoms with Crippen molar-refractivity contribution in [2.45, 2.75) is 0 Å². The van der Waals surface area contributed by atoms with Gasteiger partial charge in [-0.15, -0.1) is 0 Å². The van der Waals surface area contributed by atoms with Crippen LogP contribution in [0.15, 0.2) is 23.2 Å². The lowest BCUT2D eigenvalue weighted by Crippen LogP contribution is -1.97. The summed E-state index contributed by atoms with van der Waals surface area (Å²) in [5.74, 6) is 0.441. The molecule has 0 atom stereocenters. The van der Waals surface area contributed by atoms with Gasteiger partial charge in [0.25, 0.3) is 0 Å². The van der Waals surface area contributed by atoms with Crippen molar-refractivity contribution in [3.8, 4) is 5.75 Å². The number of hydrogen-bond donors (Lipinski definition) is 2. The van der Waals surface area contributed by atoms with Gasteiger partial charge in [-0.2, -0.15) is 0 Å². The van der Waals surface area contributed by atoms with E-state index in [1.165, 1.54) is 7.11 Å². The maximum atomic E-state index is 9.20. The second kappa shape index (κ2) is 3.70. The van der Waals surface area contributed by atoms with Crippen LogP contribution in [0, 0.1) is 0 Å². The Bertz CT molecular complexity index is 350. The van der Waals surface area contributed by atoms with E-state index >= 15 is 0 Å². The minimum absolute atomic E-state index is 0.0721. The first-order valence-electron chi connectivity index (χ1n) is 3.57. The van der Waals surface area contributed by atoms with Crippen LogP contribution in [-0.2, 0) is 0 Å². The monoisotopic (exact) mass is 243 g/mol. The highest BCUT2D eigenvalue weighted by Crippen LogP contribution is 2.32. The molecule has 0 saturated heterocycles. The van der Waals surface area contributed by atoms with Crippen LogP contribution in [0.3, 0.4) is 0 Å². The molecule has 0 fully saturated rings. The predicted octanol–water partition coefficient (Wildman–Crippen LogP) is 2.57. The molecule has 0 aliphatic rings. The van der Waals surface area contributed by atoms with Gasteiger partial charge in [0.2, 0.25) is 0 Å². The summed E-state index contributed by atoms with van der Waals surface area (Å²) in [7, 11) is 1.52. The van der Waals surface area contributed by atoms with Crippen LogP contribution in [0.2, 0.25) is 0 Å². The summed E-state index contributed by atoms with van der Waals surface area (Å²) in [5.41, 5.74) is 6.56. The van der Waals surface area contributed by atoms with E-state index < -0.39 is 0 Å². The van der Waals surface area contributed by atoms with E-state index in [0.29, 0.717) is 17.0 Å². The molecule has 0 heterocycles. The summed E-state index contributed by atoms with van der Waals surface area (Å²) in [5, 5.41) is 9.20. The first-order valence-corrected chi connectivity index (χ1v) is 4.36. The van der Waals surface area contributed by atoms with E-state index in [-0.39, 0.29) is 5.76 Å². The number of halogens is 1. The second-order valence-electron chi connectivity index (χ2n) is 2.52. The molecule has 0 amide bonds. The predicted molar refractivity (Wildman–Crippen MR) is 56.8 cm³/mol. The molecule has 0 aliphatic carbocycles. The number of aliphatic hydroxyl groups excluding tert-OH is 1. The van der Waals surface area contributed by atoms with Gasteiger partial charge in [0.05, 0.1) is 12.8 Å². The molecule has 1 aromatic rings. The molecule has 0 aromatic heterocycles. The Morgan fingerprint density at radius 2 is 2.23 bits per heavy atom. The highest BCUT2D eigenvalue weighted by molar-refractivity contribution is 9.10. The van der Waals surface area contributed by atoms with E-state index in [9.17, 15) is 5.11 Å². The van der Waals surface area contributed by atoms with Crippen LogP contribution in [0.1, 0.15) is 5.56 Å². The number of rotatable bonds is 2. The number of nitrogens with two attached hydrogens (primary N) is 1. The lowest BCUT2D eigenvalue weighted by Gasteiger charge is -2.09. The molecular formula is C9H10BrNO2. The lowest BCUT2D eigenvalue weighted by molar-refractivity contribution is 0.416. The van der Waals surface area contributed by atoms with Crippen LogP contribution in [-0.4, -0.2) is 12.2 Å². The number of anilines is 1. The Hall–Kier alpha value is -1.16. The van der Waals surface area contributed by atoms with Crippen LogP contribution in [0.4, 0.5) is 5.69 Å². The minimum Gasteiger partial charge on any atom is -0.508 e. The average molecular weight is 244 g/mol. The normalized spacial score (nSPS) is 9.69. The second-order valence-corrected chi connectivity index (χ2v) is 3.43. The summed E-state index contributed by atoms with van der Waals surface area (Å²) >= 11 is 3.27. The number of ether oxygens (including phenoxy) is 1. The number of methoxy groups -OCH3 is 1. The fourth-order valence-electron chi connectivity index (χ4n) is 1.00. The van der Waals surface area contributed by atoms with Gasteiger partial charge in [0.1, 0.15) is 11.5 Å². The maximum Gasteiger partial charge on any atom is 0.143 e. The van der Waals surface area contributed by atoms with E-state index in [1.807, 2.05) is 0 Å². The average Bonchev–Trinajstić information content (AvgIpc) is 2.08. The van der Waals surface area contributed by atoms with Crippen molar-refractivity contribution < 1.29 is 9.84 Å². The van der Waals surface area contributed by atoms with Crippen molar-refractivity contribution in [2.75, 3.05) is 12.8 Å². The first kappa shape index (κ1) is 9.92. The molecular weight excluding hydrogens is 234 g/mol. The lowest BCUT2D eigenvalue weighted by atomic mass is 10.1. The van der Waals surface area contributed by atoms with Gasteiger partial charge in [0.15, 0.2) is 0 Å². The minimum atomic E-state index is -0.0721. The smallest absolute Gasteiger partial charge is 0.143 e. The van der Waals surface area contributed by atoms with Gasteiger partial charge >= 0.3 is 0 Å². The summed E-state index contributed by atoms with van der Waals surface area (Å²) in [6, 6.07) is 3.40. The number of aliphatic hydroxyl groups is 1. The molecule has 0 aliphatic heterocycles. The molecule has 0 bridgehead atoms. The molecule has 70 valence electrons. The topological polar surface area (TPSA) is 55.5 Å². The third kappa shape index (κ3) is 1.95. The Labute approximate surface area is 85.0 Å². The molecule has 1 rings (SSSR count). The van der Waals surface area contributed by atoms with Crippen molar-refractivity contribution in [1.82, 2.24) is 0 Å². The van der Waals surface area contributed by atoms with E-state index in [2.05, 4.69) is 22.5 Å². The first-order chi connectivity index (χ1) is 6.06. The molecule has 4 heteroatoms. The molecule has 13 heavy (non-hydrogen) atoms. The Balaban J connectivity index is 3.35. The van der Waals surface area contributed by atoms with Crippen molar-refractivity contribution in [3.05, 3.63) is 28.7 Å². The standard InChI is InChI=1S/C9H10BrNO2/c1-5(12)7-3-6(10)4-8(13-2)9(7)11/h3-4,12H,1,11H2,2H3. The van der Waals surface area contributed by atoms with Crippen molar-refractivity contribution in [3.63, 3.8) is 0 Å². The number of benzene rings is 1.